The number of carbonyl (C=O) groups is 1. The number of hydrogen-bond acceptors (Lipinski definition) is 2. The molecule has 0 spiro atoms. The van der Waals surface area contributed by atoms with Crippen molar-refractivity contribution in [3.8, 4) is 0 Å². The quantitative estimate of drug-likeness (QED) is 0.778. The van der Waals surface area contributed by atoms with E-state index in [9.17, 15) is 4.79 Å². The molecule has 0 unspecified atom stereocenters. The molecule has 1 fully saturated rings. The highest BCUT2D eigenvalue weighted by Crippen LogP contribution is 2.28. The monoisotopic (exact) mass is 244 g/mol. The summed E-state index contributed by atoms with van der Waals surface area (Å²) in [5.74, 6) is 0.112. The third-order valence-electron chi connectivity index (χ3n) is 3.24. The van der Waals surface area contributed by atoms with Gasteiger partial charge in [0.25, 0.3) is 5.91 Å². The van der Waals surface area contributed by atoms with Crippen molar-refractivity contribution in [3.05, 3.63) is 48.0 Å². The van der Waals surface area contributed by atoms with Gasteiger partial charge in [0.05, 0.1) is 0 Å². The molecule has 1 aliphatic carbocycles. The maximum absolute atomic E-state index is 12.5. The first-order valence-electron chi connectivity index (χ1n) is 6.47. The van der Waals surface area contributed by atoms with Crippen molar-refractivity contribution in [2.24, 2.45) is 5.73 Å². The van der Waals surface area contributed by atoms with Gasteiger partial charge in [0, 0.05) is 18.2 Å². The normalized spacial score (nSPS) is 14.3. The summed E-state index contributed by atoms with van der Waals surface area (Å²) in [7, 11) is 0. The Morgan fingerprint density at radius 3 is 2.78 bits per heavy atom. The fourth-order valence-electron chi connectivity index (χ4n) is 2.18. The Morgan fingerprint density at radius 1 is 1.44 bits per heavy atom. The average molecular weight is 244 g/mol. The lowest BCUT2D eigenvalue weighted by Crippen LogP contribution is -2.34. The van der Waals surface area contributed by atoms with Gasteiger partial charge in [0.2, 0.25) is 0 Å². The van der Waals surface area contributed by atoms with Crippen LogP contribution in [0.15, 0.2) is 36.9 Å². The number of hydrogen-bond donors (Lipinski definition) is 1. The van der Waals surface area contributed by atoms with Crippen LogP contribution < -0.4 is 5.73 Å². The second-order valence-electron chi connectivity index (χ2n) is 4.67. The van der Waals surface area contributed by atoms with Crippen molar-refractivity contribution in [1.82, 2.24) is 4.90 Å². The van der Waals surface area contributed by atoms with Gasteiger partial charge in [-0.3, -0.25) is 4.79 Å². The molecule has 3 heteroatoms. The Bertz CT molecular complexity index is 438. The van der Waals surface area contributed by atoms with Crippen LogP contribution in [0, 0.1) is 0 Å². The second-order valence-corrected chi connectivity index (χ2v) is 4.67. The lowest BCUT2D eigenvalue weighted by atomic mass is 10.0. The lowest BCUT2D eigenvalue weighted by Gasteiger charge is -2.22. The molecule has 0 atom stereocenters. The number of benzene rings is 1. The smallest absolute Gasteiger partial charge is 0.254 e. The molecule has 1 amide bonds. The van der Waals surface area contributed by atoms with Crippen LogP contribution in [0.5, 0.6) is 0 Å². The Labute approximate surface area is 108 Å². The van der Waals surface area contributed by atoms with Crippen LogP contribution in [-0.2, 0) is 6.42 Å². The molecule has 0 radical (unpaired) electrons. The van der Waals surface area contributed by atoms with E-state index in [4.69, 9.17) is 5.73 Å². The number of amides is 1. The topological polar surface area (TPSA) is 46.3 Å². The summed E-state index contributed by atoms with van der Waals surface area (Å²) in [6.45, 7) is 4.92. The minimum atomic E-state index is 0.112. The average Bonchev–Trinajstić information content (AvgIpc) is 3.20. The highest BCUT2D eigenvalue weighted by atomic mass is 16.2. The molecule has 96 valence electrons. The summed E-state index contributed by atoms with van der Waals surface area (Å²) < 4.78 is 0. The van der Waals surface area contributed by atoms with Gasteiger partial charge in [-0.15, -0.1) is 6.58 Å². The molecule has 2 rings (SSSR count). The molecule has 1 saturated carbocycles. The highest BCUT2D eigenvalue weighted by molar-refractivity contribution is 5.96. The summed E-state index contributed by atoms with van der Waals surface area (Å²) in [6, 6.07) is 8.15. The van der Waals surface area contributed by atoms with Crippen LogP contribution in [0.4, 0.5) is 0 Å². The van der Waals surface area contributed by atoms with Gasteiger partial charge in [-0.05, 0) is 37.4 Å². The van der Waals surface area contributed by atoms with Crippen LogP contribution in [0.2, 0.25) is 0 Å². The molecular weight excluding hydrogens is 224 g/mol. The van der Waals surface area contributed by atoms with Gasteiger partial charge in [0.1, 0.15) is 0 Å². The van der Waals surface area contributed by atoms with E-state index >= 15 is 0 Å². The Morgan fingerprint density at radius 2 is 2.17 bits per heavy atom. The maximum atomic E-state index is 12.5. The first kappa shape index (κ1) is 12.8. The third-order valence-corrected chi connectivity index (χ3v) is 3.24. The van der Waals surface area contributed by atoms with Crippen LogP contribution in [0.3, 0.4) is 0 Å². The fraction of sp³-hybridized carbons (Fsp3) is 0.400. The Kier molecular flexibility index (Phi) is 4.15. The molecule has 0 heterocycles. The first-order valence-corrected chi connectivity index (χ1v) is 6.47. The van der Waals surface area contributed by atoms with Crippen molar-refractivity contribution in [3.63, 3.8) is 0 Å². The molecule has 1 aromatic carbocycles. The van der Waals surface area contributed by atoms with Crippen LogP contribution in [0.1, 0.15) is 28.8 Å². The predicted molar refractivity (Wildman–Crippen MR) is 73.5 cm³/mol. The van der Waals surface area contributed by atoms with Crippen molar-refractivity contribution >= 4 is 5.91 Å². The van der Waals surface area contributed by atoms with Crippen molar-refractivity contribution < 1.29 is 4.79 Å². The van der Waals surface area contributed by atoms with Crippen molar-refractivity contribution in [2.45, 2.75) is 25.3 Å². The van der Waals surface area contributed by atoms with E-state index in [1.165, 1.54) is 0 Å². The minimum absolute atomic E-state index is 0.112. The Hall–Kier alpha value is -1.61. The maximum Gasteiger partial charge on any atom is 0.254 e. The summed E-state index contributed by atoms with van der Waals surface area (Å²) in [5.41, 5.74) is 7.43. The van der Waals surface area contributed by atoms with Gasteiger partial charge in [-0.1, -0.05) is 24.3 Å². The lowest BCUT2D eigenvalue weighted by molar-refractivity contribution is 0.0761. The zero-order chi connectivity index (χ0) is 13.0. The molecule has 0 bridgehead atoms. The standard InChI is InChI=1S/C15H20N2O/c1-2-11-17(13-7-8-13)15(18)14-6-4-3-5-12(14)9-10-16/h2-6,13H,1,7-11,16H2. The summed E-state index contributed by atoms with van der Waals surface area (Å²) >= 11 is 0. The number of nitrogens with zero attached hydrogens (tertiary/aromatic N) is 1. The van der Waals surface area contributed by atoms with E-state index < -0.39 is 0 Å². The van der Waals surface area contributed by atoms with Crippen molar-refractivity contribution in [1.29, 1.82) is 0 Å². The molecule has 1 aromatic rings. The summed E-state index contributed by atoms with van der Waals surface area (Å²) in [6.07, 6.45) is 4.76. The van der Waals surface area contributed by atoms with E-state index in [0.717, 1.165) is 30.4 Å². The van der Waals surface area contributed by atoms with Gasteiger partial charge in [-0.2, -0.15) is 0 Å². The molecule has 0 aliphatic heterocycles. The number of nitrogens with two attached hydrogens (primary N) is 1. The summed E-state index contributed by atoms with van der Waals surface area (Å²) in [5, 5.41) is 0. The van der Waals surface area contributed by atoms with Gasteiger partial charge >= 0.3 is 0 Å². The molecule has 18 heavy (non-hydrogen) atoms. The fourth-order valence-corrected chi connectivity index (χ4v) is 2.18. The van der Waals surface area contributed by atoms with Gasteiger partial charge < -0.3 is 10.6 Å². The van der Waals surface area contributed by atoms with E-state index in [1.807, 2.05) is 29.2 Å². The van der Waals surface area contributed by atoms with Crippen molar-refractivity contribution in [2.75, 3.05) is 13.1 Å². The van der Waals surface area contributed by atoms with E-state index in [1.54, 1.807) is 6.08 Å². The SMILES string of the molecule is C=CCN(C(=O)c1ccccc1CCN)C1CC1. The third kappa shape index (κ3) is 2.79. The molecule has 2 N–H and O–H groups in total. The van der Waals surface area contributed by atoms with E-state index in [2.05, 4.69) is 6.58 Å². The van der Waals surface area contributed by atoms with Crippen LogP contribution in [0.25, 0.3) is 0 Å². The molecule has 3 nitrogen and oxygen atoms in total. The predicted octanol–water partition coefficient (Wildman–Crippen LogP) is 1.98. The van der Waals surface area contributed by atoms with Gasteiger partial charge in [-0.25, -0.2) is 0 Å². The Balaban J connectivity index is 2.23. The highest BCUT2D eigenvalue weighted by Gasteiger charge is 2.32. The van der Waals surface area contributed by atoms with Crippen LogP contribution >= 0.6 is 0 Å². The zero-order valence-electron chi connectivity index (χ0n) is 10.6. The largest absolute Gasteiger partial charge is 0.332 e. The van der Waals surface area contributed by atoms with E-state index in [-0.39, 0.29) is 5.91 Å². The molecular formula is C15H20N2O. The second kappa shape index (κ2) is 5.83. The number of rotatable bonds is 6. The number of carbonyl (C=O) groups excluding carboxylic acids is 1. The minimum Gasteiger partial charge on any atom is -0.332 e. The molecule has 0 saturated heterocycles. The molecule has 0 aromatic heterocycles. The van der Waals surface area contributed by atoms with E-state index in [0.29, 0.717) is 19.1 Å². The first-order chi connectivity index (χ1) is 8.77. The van der Waals surface area contributed by atoms with Crippen LogP contribution in [-0.4, -0.2) is 29.9 Å². The molecule has 1 aliphatic rings. The zero-order valence-corrected chi connectivity index (χ0v) is 10.6. The van der Waals surface area contributed by atoms with Gasteiger partial charge in [0.15, 0.2) is 0 Å². The summed E-state index contributed by atoms with van der Waals surface area (Å²) in [4.78, 5) is 14.5.